The standard InChI is InChI=1S/C14H20BrNO2/c1-11(2)16-7-8-17-12(9-16)10-18-14-6-4-3-5-13(14)15/h3-6,11-12H,7-10H2,1-2H3/t12-/m0/s1. The molecule has 1 aliphatic heterocycles. The molecule has 0 aliphatic carbocycles. The fourth-order valence-corrected chi connectivity index (χ4v) is 2.46. The van der Waals surface area contributed by atoms with E-state index in [9.17, 15) is 0 Å². The molecule has 2 rings (SSSR count). The minimum absolute atomic E-state index is 0.160. The highest BCUT2D eigenvalue weighted by molar-refractivity contribution is 9.10. The van der Waals surface area contributed by atoms with Crippen LogP contribution in [-0.4, -0.2) is 43.3 Å². The van der Waals surface area contributed by atoms with Gasteiger partial charge in [-0.1, -0.05) is 12.1 Å². The Hall–Kier alpha value is -0.580. The highest BCUT2D eigenvalue weighted by atomic mass is 79.9. The lowest BCUT2D eigenvalue weighted by atomic mass is 10.2. The molecule has 1 atom stereocenters. The highest BCUT2D eigenvalue weighted by Gasteiger charge is 2.22. The van der Waals surface area contributed by atoms with E-state index in [-0.39, 0.29) is 6.10 Å². The summed E-state index contributed by atoms with van der Waals surface area (Å²) in [5.41, 5.74) is 0. The minimum Gasteiger partial charge on any atom is -0.490 e. The number of rotatable bonds is 4. The fourth-order valence-electron chi connectivity index (χ4n) is 2.06. The van der Waals surface area contributed by atoms with Gasteiger partial charge in [0.2, 0.25) is 0 Å². The molecule has 18 heavy (non-hydrogen) atoms. The number of nitrogens with zero attached hydrogens (tertiary/aromatic N) is 1. The van der Waals surface area contributed by atoms with E-state index in [4.69, 9.17) is 9.47 Å². The van der Waals surface area contributed by atoms with E-state index in [1.807, 2.05) is 24.3 Å². The second-order valence-corrected chi connectivity index (χ2v) is 5.68. The normalized spacial score (nSPS) is 21.2. The summed E-state index contributed by atoms with van der Waals surface area (Å²) >= 11 is 3.48. The van der Waals surface area contributed by atoms with Gasteiger partial charge < -0.3 is 9.47 Å². The summed E-state index contributed by atoms with van der Waals surface area (Å²) < 4.78 is 12.5. The Morgan fingerprint density at radius 2 is 2.22 bits per heavy atom. The van der Waals surface area contributed by atoms with Gasteiger partial charge in [0, 0.05) is 19.1 Å². The van der Waals surface area contributed by atoms with Crippen LogP contribution in [0.25, 0.3) is 0 Å². The quantitative estimate of drug-likeness (QED) is 0.853. The van der Waals surface area contributed by atoms with Crippen molar-refractivity contribution >= 4 is 15.9 Å². The van der Waals surface area contributed by atoms with Crippen LogP contribution < -0.4 is 4.74 Å². The van der Waals surface area contributed by atoms with Crippen molar-refractivity contribution in [2.45, 2.75) is 26.0 Å². The monoisotopic (exact) mass is 313 g/mol. The Balaban J connectivity index is 1.85. The topological polar surface area (TPSA) is 21.7 Å². The first kappa shape index (κ1) is 13.8. The molecule has 1 fully saturated rings. The molecule has 1 aliphatic rings. The minimum atomic E-state index is 0.160. The van der Waals surface area contributed by atoms with Crippen molar-refractivity contribution in [2.24, 2.45) is 0 Å². The maximum absolute atomic E-state index is 5.81. The van der Waals surface area contributed by atoms with Gasteiger partial charge >= 0.3 is 0 Å². The molecule has 100 valence electrons. The number of morpholine rings is 1. The summed E-state index contributed by atoms with van der Waals surface area (Å²) in [4.78, 5) is 2.43. The van der Waals surface area contributed by atoms with Crippen molar-refractivity contribution in [3.63, 3.8) is 0 Å². The lowest BCUT2D eigenvalue weighted by Gasteiger charge is -2.35. The Morgan fingerprint density at radius 3 is 2.94 bits per heavy atom. The molecule has 3 nitrogen and oxygen atoms in total. The average molecular weight is 314 g/mol. The van der Waals surface area contributed by atoms with Crippen LogP contribution in [0.4, 0.5) is 0 Å². The molecule has 0 N–H and O–H groups in total. The molecule has 0 aromatic heterocycles. The van der Waals surface area contributed by atoms with Crippen LogP contribution in [-0.2, 0) is 4.74 Å². The smallest absolute Gasteiger partial charge is 0.133 e. The van der Waals surface area contributed by atoms with Crippen molar-refractivity contribution in [1.29, 1.82) is 0 Å². The van der Waals surface area contributed by atoms with Crippen LogP contribution in [0.2, 0.25) is 0 Å². The summed E-state index contributed by atoms with van der Waals surface area (Å²) in [6, 6.07) is 8.47. The number of para-hydroxylation sites is 1. The Bertz CT molecular complexity index is 384. The van der Waals surface area contributed by atoms with Gasteiger partial charge in [-0.05, 0) is 41.9 Å². The summed E-state index contributed by atoms with van der Waals surface area (Å²) in [6.45, 7) is 7.80. The maximum Gasteiger partial charge on any atom is 0.133 e. The van der Waals surface area contributed by atoms with Gasteiger partial charge in [0.1, 0.15) is 18.5 Å². The zero-order valence-electron chi connectivity index (χ0n) is 10.9. The first-order valence-electron chi connectivity index (χ1n) is 6.40. The molecule has 0 bridgehead atoms. The number of hydrogen-bond acceptors (Lipinski definition) is 3. The van der Waals surface area contributed by atoms with E-state index in [2.05, 4.69) is 34.7 Å². The van der Waals surface area contributed by atoms with Crippen molar-refractivity contribution in [3.8, 4) is 5.75 Å². The molecule has 1 aromatic rings. The van der Waals surface area contributed by atoms with Crippen LogP contribution in [0, 0.1) is 0 Å². The summed E-state index contributed by atoms with van der Waals surface area (Å²) in [7, 11) is 0. The lowest BCUT2D eigenvalue weighted by molar-refractivity contribution is -0.0565. The molecule has 0 spiro atoms. The molecule has 0 saturated carbocycles. The maximum atomic E-state index is 5.81. The van der Waals surface area contributed by atoms with E-state index < -0.39 is 0 Å². The van der Waals surface area contributed by atoms with Crippen molar-refractivity contribution in [1.82, 2.24) is 4.90 Å². The first-order valence-corrected chi connectivity index (χ1v) is 7.19. The zero-order chi connectivity index (χ0) is 13.0. The third-order valence-electron chi connectivity index (χ3n) is 3.16. The fraction of sp³-hybridized carbons (Fsp3) is 0.571. The number of halogens is 1. The van der Waals surface area contributed by atoms with Crippen molar-refractivity contribution < 1.29 is 9.47 Å². The van der Waals surface area contributed by atoms with Gasteiger partial charge in [-0.25, -0.2) is 0 Å². The zero-order valence-corrected chi connectivity index (χ0v) is 12.5. The Morgan fingerprint density at radius 1 is 1.44 bits per heavy atom. The third kappa shape index (κ3) is 3.70. The summed E-state index contributed by atoms with van der Waals surface area (Å²) in [6.07, 6.45) is 0.160. The molecule has 0 amide bonds. The van der Waals surface area contributed by atoms with E-state index in [1.165, 1.54) is 0 Å². The van der Waals surface area contributed by atoms with Crippen LogP contribution >= 0.6 is 15.9 Å². The number of hydrogen-bond donors (Lipinski definition) is 0. The summed E-state index contributed by atoms with van der Waals surface area (Å²) in [5, 5.41) is 0. The van der Waals surface area contributed by atoms with Gasteiger partial charge in [0.05, 0.1) is 11.1 Å². The molecule has 1 heterocycles. The molecule has 0 radical (unpaired) electrons. The molecular weight excluding hydrogens is 294 g/mol. The van der Waals surface area contributed by atoms with Crippen molar-refractivity contribution in [3.05, 3.63) is 28.7 Å². The Labute approximate surface area is 117 Å². The summed E-state index contributed by atoms with van der Waals surface area (Å²) in [5.74, 6) is 0.878. The third-order valence-corrected chi connectivity index (χ3v) is 3.82. The van der Waals surface area contributed by atoms with Gasteiger partial charge in [-0.2, -0.15) is 0 Å². The van der Waals surface area contributed by atoms with Crippen molar-refractivity contribution in [2.75, 3.05) is 26.3 Å². The number of benzene rings is 1. The molecule has 1 aromatic carbocycles. The average Bonchev–Trinajstić information content (AvgIpc) is 2.38. The van der Waals surface area contributed by atoms with Crippen LogP contribution in [0.5, 0.6) is 5.75 Å². The van der Waals surface area contributed by atoms with Gasteiger partial charge in [-0.3, -0.25) is 4.90 Å². The van der Waals surface area contributed by atoms with Gasteiger partial charge in [0.25, 0.3) is 0 Å². The second kappa shape index (κ2) is 6.55. The molecule has 0 unspecified atom stereocenters. The van der Waals surface area contributed by atoms with E-state index >= 15 is 0 Å². The number of ether oxygens (including phenoxy) is 2. The molecular formula is C14H20BrNO2. The Kier molecular flexibility index (Phi) is 5.03. The predicted octanol–water partition coefficient (Wildman–Crippen LogP) is 2.94. The van der Waals surface area contributed by atoms with Gasteiger partial charge in [0.15, 0.2) is 0 Å². The largest absolute Gasteiger partial charge is 0.490 e. The first-order chi connectivity index (χ1) is 8.66. The van der Waals surface area contributed by atoms with Crippen LogP contribution in [0.1, 0.15) is 13.8 Å². The second-order valence-electron chi connectivity index (χ2n) is 4.82. The van der Waals surface area contributed by atoms with Crippen LogP contribution in [0.3, 0.4) is 0 Å². The highest BCUT2D eigenvalue weighted by Crippen LogP contribution is 2.24. The van der Waals surface area contributed by atoms with Gasteiger partial charge in [-0.15, -0.1) is 0 Å². The van der Waals surface area contributed by atoms with Crippen LogP contribution in [0.15, 0.2) is 28.7 Å². The van der Waals surface area contributed by atoms with E-state index in [0.29, 0.717) is 12.6 Å². The predicted molar refractivity (Wildman–Crippen MR) is 76.1 cm³/mol. The van der Waals surface area contributed by atoms with E-state index in [0.717, 1.165) is 29.9 Å². The lowest BCUT2D eigenvalue weighted by Crippen LogP contribution is -2.47. The molecule has 4 heteroatoms. The SMILES string of the molecule is CC(C)N1CCO[C@H](COc2ccccc2Br)C1. The van der Waals surface area contributed by atoms with E-state index in [1.54, 1.807) is 0 Å². The molecule has 1 saturated heterocycles.